The Morgan fingerprint density at radius 1 is 0.974 bits per heavy atom. The third-order valence-corrected chi connectivity index (χ3v) is 6.81. The van der Waals surface area contributed by atoms with E-state index in [2.05, 4.69) is 27.1 Å². The SMILES string of the molecule is C=CC(=O)NCCCC[C@H](NC(=O)c1ccc2ccccc2c1)C(=O)N1CCN(c2cccc(C)n2)CC1. The fourth-order valence-electron chi connectivity index (χ4n) is 4.67. The van der Waals surface area contributed by atoms with E-state index in [0.29, 0.717) is 57.5 Å². The van der Waals surface area contributed by atoms with E-state index >= 15 is 0 Å². The number of aromatic nitrogens is 1. The number of hydrogen-bond acceptors (Lipinski definition) is 5. The van der Waals surface area contributed by atoms with Gasteiger partial charge in [0.15, 0.2) is 0 Å². The van der Waals surface area contributed by atoms with Crippen molar-refractivity contribution in [2.45, 2.75) is 32.2 Å². The molecule has 0 spiro atoms. The summed E-state index contributed by atoms with van der Waals surface area (Å²) in [5, 5.41) is 7.78. The predicted octanol–water partition coefficient (Wildman–Crippen LogP) is 3.46. The first-order chi connectivity index (χ1) is 18.4. The number of amides is 3. The summed E-state index contributed by atoms with van der Waals surface area (Å²) in [6.45, 7) is 8.40. The number of hydrogen-bond donors (Lipinski definition) is 2. The number of fused-ring (bicyclic) bond motifs is 1. The third-order valence-electron chi connectivity index (χ3n) is 6.81. The number of carbonyl (C=O) groups is 3. The maximum absolute atomic E-state index is 13.6. The van der Waals surface area contributed by atoms with Gasteiger partial charge in [-0.1, -0.05) is 43.0 Å². The minimum absolute atomic E-state index is 0.0777. The molecule has 4 rings (SSSR count). The monoisotopic (exact) mass is 513 g/mol. The Balaban J connectivity index is 1.41. The molecule has 2 N–H and O–H groups in total. The number of aryl methyl sites for hydroxylation is 1. The Labute approximate surface area is 223 Å². The first-order valence-electron chi connectivity index (χ1n) is 13.1. The van der Waals surface area contributed by atoms with Crippen LogP contribution < -0.4 is 15.5 Å². The molecule has 3 amide bonds. The van der Waals surface area contributed by atoms with Crippen molar-refractivity contribution in [3.63, 3.8) is 0 Å². The second-order valence-electron chi connectivity index (χ2n) is 9.53. The second kappa shape index (κ2) is 12.9. The molecule has 198 valence electrons. The van der Waals surface area contributed by atoms with Crippen molar-refractivity contribution in [1.29, 1.82) is 0 Å². The van der Waals surface area contributed by atoms with Crippen LogP contribution in [0.3, 0.4) is 0 Å². The van der Waals surface area contributed by atoms with E-state index in [1.54, 1.807) is 6.07 Å². The van der Waals surface area contributed by atoms with Crippen molar-refractivity contribution in [1.82, 2.24) is 20.5 Å². The largest absolute Gasteiger partial charge is 0.353 e. The molecule has 1 fully saturated rings. The van der Waals surface area contributed by atoms with E-state index in [4.69, 9.17) is 0 Å². The second-order valence-corrected chi connectivity index (χ2v) is 9.53. The van der Waals surface area contributed by atoms with Crippen molar-refractivity contribution in [2.24, 2.45) is 0 Å². The fourth-order valence-corrected chi connectivity index (χ4v) is 4.67. The Bertz CT molecular complexity index is 1300. The molecule has 0 unspecified atom stereocenters. The van der Waals surface area contributed by atoms with Crippen LogP contribution in [-0.4, -0.2) is 66.4 Å². The zero-order valence-electron chi connectivity index (χ0n) is 21.9. The van der Waals surface area contributed by atoms with Gasteiger partial charge < -0.3 is 20.4 Å². The van der Waals surface area contributed by atoms with E-state index in [0.717, 1.165) is 22.3 Å². The first-order valence-corrected chi connectivity index (χ1v) is 13.1. The maximum Gasteiger partial charge on any atom is 0.251 e. The minimum atomic E-state index is -0.646. The zero-order chi connectivity index (χ0) is 26.9. The van der Waals surface area contributed by atoms with E-state index in [9.17, 15) is 14.4 Å². The Hall–Kier alpha value is -4.20. The number of anilines is 1. The number of nitrogens with one attached hydrogen (secondary N) is 2. The van der Waals surface area contributed by atoms with Crippen LogP contribution in [0.4, 0.5) is 5.82 Å². The quantitative estimate of drug-likeness (QED) is 0.320. The lowest BCUT2D eigenvalue weighted by molar-refractivity contribution is -0.133. The smallest absolute Gasteiger partial charge is 0.251 e. The van der Waals surface area contributed by atoms with E-state index in [1.165, 1.54) is 6.08 Å². The molecule has 1 saturated heterocycles. The molecule has 3 aromatic rings. The van der Waals surface area contributed by atoms with Gasteiger partial charge in [0.25, 0.3) is 5.91 Å². The van der Waals surface area contributed by atoms with Gasteiger partial charge in [-0.25, -0.2) is 4.98 Å². The summed E-state index contributed by atoms with van der Waals surface area (Å²) in [6, 6.07) is 18.7. The number of unbranched alkanes of at least 4 members (excludes halogenated alkanes) is 1. The lowest BCUT2D eigenvalue weighted by atomic mass is 10.0. The van der Waals surface area contributed by atoms with Gasteiger partial charge in [-0.15, -0.1) is 0 Å². The average Bonchev–Trinajstić information content (AvgIpc) is 2.95. The number of piperazine rings is 1. The molecule has 2 heterocycles. The summed E-state index contributed by atoms with van der Waals surface area (Å²) in [5.74, 6) is 0.353. The molecule has 1 atom stereocenters. The van der Waals surface area contributed by atoms with Gasteiger partial charge >= 0.3 is 0 Å². The number of benzene rings is 2. The summed E-state index contributed by atoms with van der Waals surface area (Å²) in [6.07, 6.45) is 3.10. The number of rotatable bonds is 10. The van der Waals surface area contributed by atoms with E-state index in [1.807, 2.05) is 66.4 Å². The zero-order valence-corrected chi connectivity index (χ0v) is 21.9. The molecular weight excluding hydrogens is 478 g/mol. The van der Waals surface area contributed by atoms with Crippen LogP contribution in [0.2, 0.25) is 0 Å². The third kappa shape index (κ3) is 6.97. The summed E-state index contributed by atoms with van der Waals surface area (Å²) in [7, 11) is 0. The van der Waals surface area contributed by atoms with Gasteiger partial charge in [0.05, 0.1) is 0 Å². The molecule has 38 heavy (non-hydrogen) atoms. The van der Waals surface area contributed by atoms with Gasteiger partial charge in [0.2, 0.25) is 11.8 Å². The van der Waals surface area contributed by atoms with Crippen molar-refractivity contribution in [3.8, 4) is 0 Å². The molecule has 1 aliphatic heterocycles. The summed E-state index contributed by atoms with van der Waals surface area (Å²) in [4.78, 5) is 46.8. The molecule has 0 aliphatic carbocycles. The number of carbonyl (C=O) groups excluding carboxylic acids is 3. The van der Waals surface area contributed by atoms with Gasteiger partial charge in [-0.05, 0) is 67.3 Å². The molecule has 0 radical (unpaired) electrons. The first kappa shape index (κ1) is 26.9. The van der Waals surface area contributed by atoms with Crippen LogP contribution >= 0.6 is 0 Å². The molecule has 1 aliphatic rings. The summed E-state index contributed by atoms with van der Waals surface area (Å²) in [5.41, 5.74) is 1.48. The average molecular weight is 514 g/mol. The Morgan fingerprint density at radius 3 is 2.47 bits per heavy atom. The lowest BCUT2D eigenvalue weighted by Gasteiger charge is -2.37. The predicted molar refractivity (Wildman–Crippen MR) is 150 cm³/mol. The van der Waals surface area contributed by atoms with Crippen molar-refractivity contribution in [3.05, 3.63) is 84.6 Å². The number of nitrogens with zero attached hydrogens (tertiary/aromatic N) is 3. The van der Waals surface area contributed by atoms with Crippen molar-refractivity contribution >= 4 is 34.3 Å². The van der Waals surface area contributed by atoms with E-state index < -0.39 is 6.04 Å². The van der Waals surface area contributed by atoms with E-state index in [-0.39, 0.29) is 17.7 Å². The standard InChI is InChI=1S/C30H35N5O3/c1-3-28(36)31-16-7-6-12-26(33-29(37)25-15-14-23-10-4-5-11-24(23)21-25)30(38)35-19-17-34(18-20-35)27-13-8-9-22(2)32-27/h3-5,8-11,13-15,21,26H,1,6-7,12,16-20H2,2H3,(H,31,36)(H,33,37)/t26-/m0/s1. The number of pyridine rings is 1. The fraction of sp³-hybridized carbons (Fsp3) is 0.333. The van der Waals surface area contributed by atoms with Crippen LogP contribution in [0.1, 0.15) is 35.3 Å². The highest BCUT2D eigenvalue weighted by Crippen LogP contribution is 2.18. The van der Waals surface area contributed by atoms with Gasteiger partial charge in [-0.2, -0.15) is 0 Å². The molecule has 8 heteroatoms. The van der Waals surface area contributed by atoms with Crippen molar-refractivity contribution < 1.29 is 14.4 Å². The molecule has 0 saturated carbocycles. The minimum Gasteiger partial charge on any atom is -0.353 e. The molecule has 2 aromatic carbocycles. The molecule has 0 bridgehead atoms. The van der Waals surface area contributed by atoms with Gasteiger partial charge in [0.1, 0.15) is 11.9 Å². The lowest BCUT2D eigenvalue weighted by Crippen LogP contribution is -2.55. The summed E-state index contributed by atoms with van der Waals surface area (Å²) >= 11 is 0. The van der Waals surface area contributed by atoms with Gasteiger partial charge in [0, 0.05) is 44.0 Å². The summed E-state index contributed by atoms with van der Waals surface area (Å²) < 4.78 is 0. The Morgan fingerprint density at radius 2 is 1.74 bits per heavy atom. The van der Waals surface area contributed by atoms with Crippen LogP contribution in [0.15, 0.2) is 73.3 Å². The highest BCUT2D eigenvalue weighted by Gasteiger charge is 2.29. The molecule has 8 nitrogen and oxygen atoms in total. The van der Waals surface area contributed by atoms with Crippen LogP contribution in [0.25, 0.3) is 10.8 Å². The Kier molecular flexibility index (Phi) is 9.08. The topological polar surface area (TPSA) is 94.6 Å². The van der Waals surface area contributed by atoms with Crippen LogP contribution in [-0.2, 0) is 9.59 Å². The normalized spacial score (nSPS) is 14.1. The van der Waals surface area contributed by atoms with Crippen LogP contribution in [0, 0.1) is 6.92 Å². The van der Waals surface area contributed by atoms with Gasteiger partial charge in [-0.3, -0.25) is 14.4 Å². The highest BCUT2D eigenvalue weighted by atomic mass is 16.2. The highest BCUT2D eigenvalue weighted by molar-refractivity contribution is 6.00. The molecule has 1 aromatic heterocycles. The maximum atomic E-state index is 13.6. The molecular formula is C30H35N5O3. The van der Waals surface area contributed by atoms with Crippen molar-refractivity contribution in [2.75, 3.05) is 37.6 Å². The van der Waals surface area contributed by atoms with Crippen LogP contribution in [0.5, 0.6) is 0 Å².